The molecule has 1 aliphatic heterocycles. The third-order valence-electron chi connectivity index (χ3n) is 3.46. The lowest BCUT2D eigenvalue weighted by Crippen LogP contribution is -2.29. The van der Waals surface area contributed by atoms with Crippen LogP contribution >= 0.6 is 0 Å². The van der Waals surface area contributed by atoms with Gasteiger partial charge in [0.1, 0.15) is 0 Å². The van der Waals surface area contributed by atoms with Crippen LogP contribution in [-0.2, 0) is 11.3 Å². The molecule has 1 aromatic heterocycles. The number of nitrogens with one attached hydrogen (secondary N) is 1. The summed E-state index contributed by atoms with van der Waals surface area (Å²) < 4.78 is 6.89. The van der Waals surface area contributed by atoms with Crippen molar-refractivity contribution in [3.05, 3.63) is 41.7 Å². The molecule has 2 aromatic rings. The molecule has 6 nitrogen and oxygen atoms in total. The number of fused-ring (bicyclic) bond motifs is 1. The molecule has 0 radical (unpaired) electrons. The Bertz CT molecular complexity index is 684. The molecule has 1 aliphatic rings. The van der Waals surface area contributed by atoms with Crippen LogP contribution in [0.25, 0.3) is 0 Å². The number of hydrogen-bond acceptors (Lipinski definition) is 4. The Morgan fingerprint density at radius 1 is 1.52 bits per heavy atom. The van der Waals surface area contributed by atoms with Gasteiger partial charge in [0.25, 0.3) is 5.91 Å². The average Bonchev–Trinajstić information content (AvgIpc) is 3.06. The van der Waals surface area contributed by atoms with Gasteiger partial charge in [0, 0.05) is 17.8 Å². The molecule has 0 saturated carbocycles. The summed E-state index contributed by atoms with van der Waals surface area (Å²) in [6.45, 7) is 4.40. The van der Waals surface area contributed by atoms with Gasteiger partial charge in [-0.1, -0.05) is 6.07 Å². The van der Waals surface area contributed by atoms with Crippen LogP contribution in [0.15, 0.2) is 30.6 Å². The number of aromatic nitrogens is 2. The quantitative estimate of drug-likeness (QED) is 0.823. The highest BCUT2D eigenvalue weighted by Crippen LogP contribution is 2.14. The summed E-state index contributed by atoms with van der Waals surface area (Å²) in [5, 5.41) is 16.6. The molecule has 3 rings (SSSR count). The molecule has 1 amide bonds. The second-order valence-electron chi connectivity index (χ2n) is 5.33. The number of nitrogens with zero attached hydrogens (tertiary/aromatic N) is 2. The molecular weight excluding hydrogens is 269 g/mol. The summed E-state index contributed by atoms with van der Waals surface area (Å²) in [6, 6.07) is 5.43. The van der Waals surface area contributed by atoms with Gasteiger partial charge < -0.3 is 15.0 Å². The highest BCUT2D eigenvalue weighted by molar-refractivity contribution is 6.61. The maximum atomic E-state index is 12.2. The van der Waals surface area contributed by atoms with Crippen molar-refractivity contribution in [2.45, 2.75) is 26.5 Å². The van der Waals surface area contributed by atoms with E-state index in [0.717, 1.165) is 5.56 Å². The van der Waals surface area contributed by atoms with Crippen molar-refractivity contribution in [3.8, 4) is 0 Å². The van der Waals surface area contributed by atoms with Crippen molar-refractivity contribution < 1.29 is 14.5 Å². The molecule has 0 spiro atoms. The van der Waals surface area contributed by atoms with Crippen LogP contribution in [0, 0.1) is 0 Å². The molecule has 0 fully saturated rings. The Morgan fingerprint density at radius 3 is 3.05 bits per heavy atom. The van der Waals surface area contributed by atoms with Crippen molar-refractivity contribution in [1.29, 1.82) is 0 Å². The Balaban J connectivity index is 1.77. The maximum absolute atomic E-state index is 12.2. The predicted octanol–water partition coefficient (Wildman–Crippen LogP) is 0.934. The second-order valence-corrected chi connectivity index (χ2v) is 5.33. The van der Waals surface area contributed by atoms with Crippen LogP contribution in [0.3, 0.4) is 0 Å². The van der Waals surface area contributed by atoms with Gasteiger partial charge in [0.15, 0.2) is 0 Å². The summed E-state index contributed by atoms with van der Waals surface area (Å²) >= 11 is 0. The summed E-state index contributed by atoms with van der Waals surface area (Å²) in [5.41, 5.74) is 2.69. The monoisotopic (exact) mass is 285 g/mol. The molecule has 21 heavy (non-hydrogen) atoms. The Labute approximate surface area is 122 Å². The number of carbonyl (C=O) groups is 1. The third kappa shape index (κ3) is 2.70. The molecule has 2 N–H and O–H groups in total. The topological polar surface area (TPSA) is 76.4 Å². The molecule has 0 atom stereocenters. The second kappa shape index (κ2) is 5.35. The van der Waals surface area contributed by atoms with Crippen LogP contribution < -0.4 is 10.8 Å². The lowest BCUT2D eigenvalue weighted by atomic mass is 9.79. The van der Waals surface area contributed by atoms with E-state index in [0.29, 0.717) is 23.3 Å². The highest BCUT2D eigenvalue weighted by atomic mass is 16.5. The van der Waals surface area contributed by atoms with Crippen molar-refractivity contribution in [2.75, 3.05) is 5.32 Å². The van der Waals surface area contributed by atoms with Gasteiger partial charge in [0.05, 0.1) is 18.5 Å². The zero-order valence-electron chi connectivity index (χ0n) is 11.9. The van der Waals surface area contributed by atoms with E-state index in [1.165, 1.54) is 0 Å². The van der Waals surface area contributed by atoms with Gasteiger partial charge in [-0.25, -0.2) is 0 Å². The summed E-state index contributed by atoms with van der Waals surface area (Å²) in [7, 11) is -0.948. The standard InChI is InChI=1S/C14H16BN3O3/c1-9(2)18-7-12(6-16-18)17-14(19)10-3-4-11-8-21-15(20)13(11)5-10/h3-7,9,20H,8H2,1-2H3,(H,17,19). The number of carbonyl (C=O) groups excluding carboxylic acids is 1. The molecule has 0 saturated heterocycles. The molecule has 1 aromatic carbocycles. The van der Waals surface area contributed by atoms with Crippen LogP contribution in [0.1, 0.15) is 35.8 Å². The summed E-state index contributed by atoms with van der Waals surface area (Å²) in [6.07, 6.45) is 3.40. The Kier molecular flexibility index (Phi) is 3.53. The summed E-state index contributed by atoms with van der Waals surface area (Å²) in [5.74, 6) is -0.236. The highest BCUT2D eigenvalue weighted by Gasteiger charge is 2.28. The molecule has 0 unspecified atom stereocenters. The van der Waals surface area contributed by atoms with Gasteiger partial charge in [-0.2, -0.15) is 5.10 Å². The number of hydrogen-bond donors (Lipinski definition) is 2. The van der Waals surface area contributed by atoms with Gasteiger partial charge in [0.2, 0.25) is 0 Å². The smallest absolute Gasteiger partial charge is 0.423 e. The maximum Gasteiger partial charge on any atom is 0.491 e. The van der Waals surface area contributed by atoms with E-state index in [4.69, 9.17) is 4.65 Å². The van der Waals surface area contributed by atoms with E-state index >= 15 is 0 Å². The fraction of sp³-hybridized carbons (Fsp3) is 0.286. The normalized spacial score (nSPS) is 13.6. The molecule has 108 valence electrons. The number of amides is 1. The van der Waals surface area contributed by atoms with Crippen LogP contribution in [0.2, 0.25) is 0 Å². The first-order valence-corrected chi connectivity index (χ1v) is 6.82. The number of rotatable bonds is 3. The summed E-state index contributed by atoms with van der Waals surface area (Å²) in [4.78, 5) is 12.2. The zero-order valence-corrected chi connectivity index (χ0v) is 11.9. The fourth-order valence-electron chi connectivity index (χ4n) is 2.24. The SMILES string of the molecule is CC(C)n1cc(NC(=O)c2ccc3c(c2)B(O)OC3)cn1. The lowest BCUT2D eigenvalue weighted by molar-refractivity contribution is 0.102. The van der Waals surface area contributed by atoms with Crippen LogP contribution in [0.5, 0.6) is 0 Å². The van der Waals surface area contributed by atoms with Crippen molar-refractivity contribution in [2.24, 2.45) is 0 Å². The van der Waals surface area contributed by atoms with Gasteiger partial charge >= 0.3 is 7.12 Å². The zero-order chi connectivity index (χ0) is 15.0. The molecule has 7 heteroatoms. The Morgan fingerprint density at radius 2 is 2.33 bits per heavy atom. The minimum atomic E-state index is -0.948. The largest absolute Gasteiger partial charge is 0.491 e. The van der Waals surface area contributed by atoms with Crippen molar-refractivity contribution in [3.63, 3.8) is 0 Å². The van der Waals surface area contributed by atoms with E-state index in [9.17, 15) is 9.82 Å². The molecular formula is C14H16BN3O3. The van der Waals surface area contributed by atoms with E-state index in [-0.39, 0.29) is 11.9 Å². The predicted molar refractivity (Wildman–Crippen MR) is 79.4 cm³/mol. The molecule has 2 heterocycles. The van der Waals surface area contributed by atoms with Crippen LogP contribution in [0.4, 0.5) is 5.69 Å². The van der Waals surface area contributed by atoms with E-state index in [2.05, 4.69) is 10.4 Å². The minimum Gasteiger partial charge on any atom is -0.423 e. The van der Waals surface area contributed by atoms with Crippen molar-refractivity contribution in [1.82, 2.24) is 9.78 Å². The van der Waals surface area contributed by atoms with E-state index in [1.807, 2.05) is 13.8 Å². The van der Waals surface area contributed by atoms with Crippen LogP contribution in [-0.4, -0.2) is 27.8 Å². The number of benzene rings is 1. The third-order valence-corrected chi connectivity index (χ3v) is 3.46. The first-order chi connectivity index (χ1) is 10.0. The van der Waals surface area contributed by atoms with Crippen molar-refractivity contribution >= 4 is 24.2 Å². The minimum absolute atomic E-state index is 0.236. The average molecular weight is 285 g/mol. The molecule has 0 bridgehead atoms. The number of anilines is 1. The molecule has 0 aliphatic carbocycles. The first kappa shape index (κ1) is 13.8. The fourth-order valence-corrected chi connectivity index (χ4v) is 2.24. The lowest BCUT2D eigenvalue weighted by Gasteiger charge is -2.06. The van der Waals surface area contributed by atoms with E-state index < -0.39 is 7.12 Å². The van der Waals surface area contributed by atoms with E-state index in [1.54, 1.807) is 35.3 Å². The Hall–Kier alpha value is -2.12. The van der Waals surface area contributed by atoms with Gasteiger partial charge in [-0.3, -0.25) is 9.48 Å². The first-order valence-electron chi connectivity index (χ1n) is 6.82. The van der Waals surface area contributed by atoms with Gasteiger partial charge in [-0.15, -0.1) is 0 Å². The van der Waals surface area contributed by atoms with Gasteiger partial charge in [-0.05, 0) is 37.0 Å².